The summed E-state index contributed by atoms with van der Waals surface area (Å²) in [7, 11) is -3.74. The van der Waals surface area contributed by atoms with Crippen molar-refractivity contribution in [3.05, 3.63) is 88.5 Å². The Hall–Kier alpha value is -2.97. The van der Waals surface area contributed by atoms with E-state index in [2.05, 4.69) is 9.71 Å². The number of carbonyl (C=O) groups is 1. The van der Waals surface area contributed by atoms with E-state index in [-0.39, 0.29) is 17.4 Å². The van der Waals surface area contributed by atoms with Crippen LogP contribution in [0.2, 0.25) is 0 Å². The molecule has 158 valence electrons. The van der Waals surface area contributed by atoms with Gasteiger partial charge in [-0.05, 0) is 36.2 Å². The second-order valence-electron chi connectivity index (χ2n) is 7.08. The minimum Gasteiger partial charge on any atom is -0.395 e. The SMILES string of the molecule is Cc1cc(C(C)c2ccc(NS(=O)(=O)CCO)cc2F)[nH]c1C(=O)c1ccccc1. The molecule has 0 spiro atoms. The Morgan fingerprint density at radius 3 is 2.50 bits per heavy atom. The third-order valence-electron chi connectivity index (χ3n) is 4.87. The minimum absolute atomic E-state index is 0.0829. The maximum absolute atomic E-state index is 14.7. The van der Waals surface area contributed by atoms with Gasteiger partial charge in [0, 0.05) is 17.2 Å². The first-order valence-corrected chi connectivity index (χ1v) is 11.1. The van der Waals surface area contributed by atoms with Crippen molar-refractivity contribution < 1.29 is 22.7 Å². The molecule has 1 unspecified atom stereocenters. The maximum atomic E-state index is 14.7. The molecule has 0 amide bonds. The average molecular weight is 431 g/mol. The molecule has 1 aromatic heterocycles. The monoisotopic (exact) mass is 430 g/mol. The Bertz CT molecular complexity index is 1160. The molecule has 6 nitrogen and oxygen atoms in total. The van der Waals surface area contributed by atoms with Crippen molar-refractivity contribution in [2.45, 2.75) is 19.8 Å². The second kappa shape index (κ2) is 8.81. The van der Waals surface area contributed by atoms with Gasteiger partial charge >= 0.3 is 0 Å². The van der Waals surface area contributed by atoms with Gasteiger partial charge in [-0.25, -0.2) is 12.8 Å². The molecule has 3 aromatic rings. The Morgan fingerprint density at radius 2 is 1.87 bits per heavy atom. The van der Waals surface area contributed by atoms with Crippen molar-refractivity contribution in [2.24, 2.45) is 0 Å². The number of hydrogen-bond acceptors (Lipinski definition) is 4. The van der Waals surface area contributed by atoms with Crippen LogP contribution in [0.15, 0.2) is 54.6 Å². The van der Waals surface area contributed by atoms with Gasteiger partial charge in [0.05, 0.1) is 23.7 Å². The molecular formula is C22H23FN2O4S. The number of aromatic nitrogens is 1. The lowest BCUT2D eigenvalue weighted by molar-refractivity contribution is 0.103. The number of rotatable bonds is 8. The van der Waals surface area contributed by atoms with Gasteiger partial charge < -0.3 is 10.1 Å². The zero-order valence-corrected chi connectivity index (χ0v) is 17.5. The summed E-state index contributed by atoms with van der Waals surface area (Å²) in [5.74, 6) is -1.56. The molecule has 0 bridgehead atoms. The summed E-state index contributed by atoms with van der Waals surface area (Å²) in [5, 5.41) is 8.79. The smallest absolute Gasteiger partial charge is 0.234 e. The van der Waals surface area contributed by atoms with Crippen LogP contribution in [0.25, 0.3) is 0 Å². The number of halogens is 1. The Labute approximate surface area is 174 Å². The lowest BCUT2D eigenvalue weighted by Crippen LogP contribution is -2.19. The highest BCUT2D eigenvalue weighted by atomic mass is 32.2. The van der Waals surface area contributed by atoms with E-state index in [0.29, 0.717) is 22.5 Å². The first-order chi connectivity index (χ1) is 14.2. The molecule has 0 saturated heterocycles. The molecule has 3 N–H and O–H groups in total. The molecule has 1 atom stereocenters. The number of ketones is 1. The minimum atomic E-state index is -3.74. The van der Waals surface area contributed by atoms with Gasteiger partial charge in [-0.15, -0.1) is 0 Å². The van der Waals surface area contributed by atoms with Crippen LogP contribution in [-0.4, -0.2) is 36.7 Å². The molecular weight excluding hydrogens is 407 g/mol. The zero-order chi connectivity index (χ0) is 21.9. The highest BCUT2D eigenvalue weighted by Gasteiger charge is 2.20. The first-order valence-electron chi connectivity index (χ1n) is 9.42. The lowest BCUT2D eigenvalue weighted by Gasteiger charge is -2.14. The van der Waals surface area contributed by atoms with Crippen LogP contribution in [0.5, 0.6) is 0 Å². The number of aliphatic hydroxyl groups excluding tert-OH is 1. The van der Waals surface area contributed by atoms with Crippen molar-refractivity contribution >= 4 is 21.5 Å². The quantitative estimate of drug-likeness (QED) is 0.476. The molecule has 0 radical (unpaired) electrons. The number of anilines is 1. The van der Waals surface area contributed by atoms with Crippen molar-refractivity contribution in [3.63, 3.8) is 0 Å². The molecule has 0 aliphatic carbocycles. The lowest BCUT2D eigenvalue weighted by atomic mass is 9.97. The van der Waals surface area contributed by atoms with E-state index >= 15 is 0 Å². The van der Waals surface area contributed by atoms with Gasteiger partial charge in [0.1, 0.15) is 5.82 Å². The first kappa shape index (κ1) is 21.7. The van der Waals surface area contributed by atoms with E-state index in [9.17, 15) is 17.6 Å². The molecule has 3 rings (SSSR count). The van der Waals surface area contributed by atoms with Crippen LogP contribution in [0.4, 0.5) is 10.1 Å². The summed E-state index contributed by atoms with van der Waals surface area (Å²) in [6.07, 6.45) is 0. The van der Waals surface area contributed by atoms with Crippen LogP contribution in [-0.2, 0) is 10.0 Å². The van der Waals surface area contributed by atoms with Gasteiger partial charge in [0.15, 0.2) is 0 Å². The summed E-state index contributed by atoms with van der Waals surface area (Å²) in [5.41, 5.74) is 2.91. The van der Waals surface area contributed by atoms with Crippen LogP contribution < -0.4 is 4.72 Å². The van der Waals surface area contributed by atoms with E-state index in [0.717, 1.165) is 11.6 Å². The third-order valence-corrected chi connectivity index (χ3v) is 6.13. The van der Waals surface area contributed by atoms with Gasteiger partial charge in [-0.2, -0.15) is 0 Å². The number of aromatic amines is 1. The summed E-state index contributed by atoms with van der Waals surface area (Å²) < 4.78 is 40.4. The van der Waals surface area contributed by atoms with Crippen LogP contribution >= 0.6 is 0 Å². The molecule has 0 fully saturated rings. The number of hydrogen-bond donors (Lipinski definition) is 3. The van der Waals surface area contributed by atoms with Gasteiger partial charge in [-0.3, -0.25) is 9.52 Å². The fourth-order valence-corrected chi connectivity index (χ4v) is 4.08. The number of benzene rings is 2. The topological polar surface area (TPSA) is 99.3 Å². The van der Waals surface area contributed by atoms with Crippen molar-refractivity contribution in [1.29, 1.82) is 0 Å². The van der Waals surface area contributed by atoms with E-state index < -0.39 is 28.2 Å². The number of H-pyrrole nitrogens is 1. The molecule has 2 aromatic carbocycles. The number of carbonyl (C=O) groups excluding carboxylic acids is 1. The fraction of sp³-hybridized carbons (Fsp3) is 0.227. The highest BCUT2D eigenvalue weighted by molar-refractivity contribution is 7.92. The second-order valence-corrected chi connectivity index (χ2v) is 8.92. The fourth-order valence-electron chi connectivity index (χ4n) is 3.25. The molecule has 1 heterocycles. The number of aryl methyl sites for hydroxylation is 1. The van der Waals surface area contributed by atoms with Crippen molar-refractivity contribution in [3.8, 4) is 0 Å². The molecule has 0 aliphatic heterocycles. The van der Waals surface area contributed by atoms with Gasteiger partial charge in [0.25, 0.3) is 0 Å². The molecule has 30 heavy (non-hydrogen) atoms. The normalized spacial score (nSPS) is 12.5. The average Bonchev–Trinajstić information content (AvgIpc) is 3.09. The summed E-state index contributed by atoms with van der Waals surface area (Å²) in [4.78, 5) is 15.9. The summed E-state index contributed by atoms with van der Waals surface area (Å²) in [6, 6.07) is 14.8. The van der Waals surface area contributed by atoms with Crippen molar-refractivity contribution in [2.75, 3.05) is 17.1 Å². The van der Waals surface area contributed by atoms with Gasteiger partial charge in [-0.1, -0.05) is 43.3 Å². The van der Waals surface area contributed by atoms with Crippen LogP contribution in [0.1, 0.15) is 45.7 Å². The third kappa shape index (κ3) is 4.77. The maximum Gasteiger partial charge on any atom is 0.234 e. The predicted octanol–water partition coefficient (Wildman–Crippen LogP) is 3.58. The van der Waals surface area contributed by atoms with E-state index in [1.54, 1.807) is 31.2 Å². The largest absolute Gasteiger partial charge is 0.395 e. The van der Waals surface area contributed by atoms with Crippen LogP contribution in [0, 0.1) is 12.7 Å². The number of nitrogens with one attached hydrogen (secondary N) is 2. The highest BCUT2D eigenvalue weighted by Crippen LogP contribution is 2.29. The summed E-state index contributed by atoms with van der Waals surface area (Å²) >= 11 is 0. The van der Waals surface area contributed by atoms with Gasteiger partial charge in [0.2, 0.25) is 15.8 Å². The number of sulfonamides is 1. The Balaban J connectivity index is 1.85. The molecule has 8 heteroatoms. The van der Waals surface area contributed by atoms with E-state index in [1.807, 2.05) is 19.1 Å². The number of aliphatic hydroxyl groups is 1. The Kier molecular flexibility index (Phi) is 6.38. The Morgan fingerprint density at radius 1 is 1.17 bits per heavy atom. The van der Waals surface area contributed by atoms with E-state index in [1.165, 1.54) is 12.1 Å². The van der Waals surface area contributed by atoms with Crippen LogP contribution in [0.3, 0.4) is 0 Å². The molecule has 0 saturated carbocycles. The van der Waals surface area contributed by atoms with Crippen molar-refractivity contribution in [1.82, 2.24) is 4.98 Å². The summed E-state index contributed by atoms with van der Waals surface area (Å²) in [6.45, 7) is 3.09. The zero-order valence-electron chi connectivity index (χ0n) is 16.6. The predicted molar refractivity (Wildman–Crippen MR) is 114 cm³/mol. The standard InChI is InChI=1S/C22H23FN2O4S/c1-14-12-20(24-21(14)22(27)16-6-4-3-5-7-16)15(2)18-9-8-17(13-19(18)23)25-30(28,29)11-10-26/h3-9,12-13,15,24-26H,10-11H2,1-2H3. The van der Waals surface area contributed by atoms with E-state index in [4.69, 9.17) is 5.11 Å². The molecule has 0 aliphatic rings.